The number of ketones is 2. The van der Waals surface area contributed by atoms with Gasteiger partial charge in [-0.05, 0) is 23.8 Å². The van der Waals surface area contributed by atoms with Gasteiger partial charge in [0.2, 0.25) is 5.78 Å². The van der Waals surface area contributed by atoms with E-state index in [1.54, 1.807) is 13.0 Å². The zero-order valence-corrected chi connectivity index (χ0v) is 10.6. The molecule has 0 atom stereocenters. The van der Waals surface area contributed by atoms with Gasteiger partial charge >= 0.3 is 0 Å². The van der Waals surface area contributed by atoms with Gasteiger partial charge in [-0.25, -0.2) is 0 Å². The van der Waals surface area contributed by atoms with Gasteiger partial charge in [0.1, 0.15) is 5.76 Å². The van der Waals surface area contributed by atoms with Crippen LogP contribution in [0, 0.1) is 6.92 Å². The molecule has 4 nitrogen and oxygen atoms in total. The summed E-state index contributed by atoms with van der Waals surface area (Å²) in [7, 11) is 0. The van der Waals surface area contributed by atoms with Crippen LogP contribution in [0.1, 0.15) is 37.7 Å². The van der Waals surface area contributed by atoms with Gasteiger partial charge in [-0.15, -0.1) is 0 Å². The summed E-state index contributed by atoms with van der Waals surface area (Å²) in [6.45, 7) is 1.65. The fourth-order valence-corrected chi connectivity index (χ4v) is 2.75. The van der Waals surface area contributed by atoms with E-state index in [0.29, 0.717) is 22.5 Å². The highest BCUT2D eigenvalue weighted by molar-refractivity contribution is 6.31. The van der Waals surface area contributed by atoms with Crippen molar-refractivity contribution in [3.05, 3.63) is 64.5 Å². The normalized spacial score (nSPS) is 13.4. The molecule has 0 bridgehead atoms. The van der Waals surface area contributed by atoms with E-state index in [1.165, 1.54) is 0 Å². The van der Waals surface area contributed by atoms with Crippen molar-refractivity contribution in [2.75, 3.05) is 0 Å². The van der Waals surface area contributed by atoms with Crippen LogP contribution in [0.3, 0.4) is 0 Å². The lowest BCUT2D eigenvalue weighted by molar-refractivity contribution is 0.0977. The number of nitrogens with zero attached hydrogens (tertiary/aromatic N) is 1. The Morgan fingerprint density at radius 3 is 2.60 bits per heavy atom. The summed E-state index contributed by atoms with van der Waals surface area (Å²) in [6, 6.07) is 11.1. The van der Waals surface area contributed by atoms with Crippen molar-refractivity contribution in [3.8, 4) is 0 Å². The summed E-state index contributed by atoms with van der Waals surface area (Å²) >= 11 is 0. The van der Waals surface area contributed by atoms with Crippen molar-refractivity contribution in [1.82, 2.24) is 5.16 Å². The number of hydrogen-bond donors (Lipinski definition) is 0. The van der Waals surface area contributed by atoms with Gasteiger partial charge in [-0.3, -0.25) is 9.59 Å². The van der Waals surface area contributed by atoms with Crippen LogP contribution in [0.25, 0.3) is 10.8 Å². The Morgan fingerprint density at radius 1 is 0.950 bits per heavy atom. The maximum absolute atomic E-state index is 12.7. The Bertz CT molecular complexity index is 905. The highest BCUT2D eigenvalue weighted by Gasteiger charge is 2.35. The number of benzene rings is 2. The second-order valence-electron chi connectivity index (χ2n) is 4.83. The van der Waals surface area contributed by atoms with Crippen LogP contribution >= 0.6 is 0 Å². The quantitative estimate of drug-likeness (QED) is 0.489. The van der Waals surface area contributed by atoms with E-state index in [-0.39, 0.29) is 17.3 Å². The average Bonchev–Trinajstić information content (AvgIpc) is 2.86. The zero-order chi connectivity index (χ0) is 13.9. The Kier molecular flexibility index (Phi) is 2.02. The second kappa shape index (κ2) is 3.63. The summed E-state index contributed by atoms with van der Waals surface area (Å²) in [5.74, 6) is -0.0562. The lowest BCUT2D eigenvalue weighted by Gasteiger charge is -2.15. The molecule has 0 spiro atoms. The molecule has 0 N–H and O–H groups in total. The second-order valence-corrected chi connectivity index (χ2v) is 4.83. The first-order valence-corrected chi connectivity index (χ1v) is 6.26. The van der Waals surface area contributed by atoms with E-state index >= 15 is 0 Å². The molecule has 0 saturated heterocycles. The van der Waals surface area contributed by atoms with Crippen LogP contribution in [0.2, 0.25) is 0 Å². The van der Waals surface area contributed by atoms with E-state index in [2.05, 4.69) is 5.16 Å². The lowest BCUT2D eigenvalue weighted by atomic mass is 9.84. The van der Waals surface area contributed by atoms with Crippen molar-refractivity contribution in [1.29, 1.82) is 0 Å². The minimum absolute atomic E-state index is 0.121. The number of aromatic nitrogens is 1. The van der Waals surface area contributed by atoms with Crippen LogP contribution in [0.5, 0.6) is 0 Å². The van der Waals surface area contributed by atoms with Gasteiger partial charge in [0, 0.05) is 11.1 Å². The predicted molar refractivity (Wildman–Crippen MR) is 72.1 cm³/mol. The van der Waals surface area contributed by atoms with Crippen LogP contribution in [-0.2, 0) is 0 Å². The SMILES string of the molecule is Cc1onc2c1C(=O)c1c(ccc3ccccc13)C2=O. The maximum atomic E-state index is 12.7. The Hall–Kier alpha value is -2.75. The standard InChI is InChI=1S/C16H9NO3/c1-8-12-14(17-20-8)15(18)11-7-6-9-4-2-3-5-10(9)13(11)16(12)19/h2-7H,1H3. The Morgan fingerprint density at radius 2 is 1.75 bits per heavy atom. The molecule has 3 aromatic rings. The minimum atomic E-state index is -0.253. The number of carbonyl (C=O) groups is 2. The summed E-state index contributed by atoms with van der Waals surface area (Å²) < 4.78 is 5.01. The summed E-state index contributed by atoms with van der Waals surface area (Å²) in [5, 5.41) is 5.44. The Balaban J connectivity index is 2.15. The minimum Gasteiger partial charge on any atom is -0.360 e. The topological polar surface area (TPSA) is 60.2 Å². The molecule has 0 fully saturated rings. The maximum Gasteiger partial charge on any atom is 0.216 e. The first-order chi connectivity index (χ1) is 9.68. The van der Waals surface area contributed by atoms with Crippen LogP contribution in [0.15, 0.2) is 40.9 Å². The van der Waals surface area contributed by atoms with Gasteiger partial charge in [0.15, 0.2) is 11.5 Å². The highest BCUT2D eigenvalue weighted by atomic mass is 16.5. The monoisotopic (exact) mass is 263 g/mol. The molecule has 20 heavy (non-hydrogen) atoms. The van der Waals surface area contributed by atoms with Crippen molar-refractivity contribution in [3.63, 3.8) is 0 Å². The lowest BCUT2D eigenvalue weighted by Crippen LogP contribution is -2.21. The molecule has 0 radical (unpaired) electrons. The van der Waals surface area contributed by atoms with Crippen molar-refractivity contribution < 1.29 is 14.1 Å². The first-order valence-electron chi connectivity index (χ1n) is 6.26. The fourth-order valence-electron chi connectivity index (χ4n) is 2.75. The third-order valence-corrected chi connectivity index (χ3v) is 3.71. The molecule has 1 aliphatic carbocycles. The van der Waals surface area contributed by atoms with Crippen molar-refractivity contribution >= 4 is 22.3 Å². The average molecular weight is 263 g/mol. The number of hydrogen-bond acceptors (Lipinski definition) is 4. The van der Waals surface area contributed by atoms with Crippen LogP contribution in [0.4, 0.5) is 0 Å². The molecule has 0 aliphatic heterocycles. The molecule has 0 unspecified atom stereocenters. The van der Waals surface area contributed by atoms with E-state index < -0.39 is 0 Å². The van der Waals surface area contributed by atoms with Crippen LogP contribution in [-0.4, -0.2) is 16.7 Å². The molecule has 1 aromatic heterocycles. The summed E-state index contributed by atoms with van der Waals surface area (Å²) in [6.07, 6.45) is 0. The molecule has 2 aromatic carbocycles. The molecule has 4 heteroatoms. The Labute approximate surface area is 114 Å². The highest BCUT2D eigenvalue weighted by Crippen LogP contribution is 2.33. The van der Waals surface area contributed by atoms with Gasteiger partial charge < -0.3 is 4.52 Å². The van der Waals surface area contributed by atoms with E-state index in [1.807, 2.05) is 30.3 Å². The molecule has 1 aliphatic rings. The van der Waals surface area contributed by atoms with Crippen molar-refractivity contribution in [2.24, 2.45) is 0 Å². The van der Waals surface area contributed by atoms with Gasteiger partial charge in [0.25, 0.3) is 0 Å². The van der Waals surface area contributed by atoms with Gasteiger partial charge in [0.05, 0.1) is 5.56 Å². The van der Waals surface area contributed by atoms with E-state index in [4.69, 9.17) is 4.52 Å². The summed E-state index contributed by atoms with van der Waals surface area (Å²) in [4.78, 5) is 25.1. The first kappa shape index (κ1) is 11.1. The molecular formula is C16H9NO3. The number of rotatable bonds is 0. The van der Waals surface area contributed by atoms with Crippen LogP contribution < -0.4 is 0 Å². The largest absolute Gasteiger partial charge is 0.360 e. The predicted octanol–water partition coefficient (Wildman–Crippen LogP) is 2.91. The van der Waals surface area contributed by atoms with Crippen molar-refractivity contribution in [2.45, 2.75) is 6.92 Å². The number of fused-ring (bicyclic) bond motifs is 4. The third-order valence-electron chi connectivity index (χ3n) is 3.71. The number of carbonyl (C=O) groups excluding carboxylic acids is 2. The molecule has 0 amide bonds. The molecule has 96 valence electrons. The number of aryl methyl sites for hydroxylation is 1. The smallest absolute Gasteiger partial charge is 0.216 e. The molecule has 0 saturated carbocycles. The van der Waals surface area contributed by atoms with E-state index in [0.717, 1.165) is 10.8 Å². The third kappa shape index (κ3) is 1.23. The molecule has 1 heterocycles. The van der Waals surface area contributed by atoms with E-state index in [9.17, 15) is 9.59 Å². The fraction of sp³-hybridized carbons (Fsp3) is 0.0625. The van der Waals surface area contributed by atoms with Gasteiger partial charge in [-0.2, -0.15) is 0 Å². The summed E-state index contributed by atoms with van der Waals surface area (Å²) in [5.41, 5.74) is 1.26. The zero-order valence-electron chi connectivity index (χ0n) is 10.6. The molecular weight excluding hydrogens is 254 g/mol. The van der Waals surface area contributed by atoms with Gasteiger partial charge in [-0.1, -0.05) is 35.5 Å². The molecule has 4 rings (SSSR count).